The first kappa shape index (κ1) is 9.66. The van der Waals surface area contributed by atoms with Crippen molar-refractivity contribution in [2.24, 2.45) is 0 Å². The average molecular weight is 232 g/mol. The molecule has 82 valence electrons. The van der Waals surface area contributed by atoms with Crippen molar-refractivity contribution in [3.63, 3.8) is 0 Å². The molecule has 0 atom stereocenters. The zero-order valence-corrected chi connectivity index (χ0v) is 9.80. The van der Waals surface area contributed by atoms with Gasteiger partial charge in [0, 0.05) is 17.5 Å². The summed E-state index contributed by atoms with van der Waals surface area (Å²) in [5.41, 5.74) is 3.24. The van der Waals surface area contributed by atoms with Gasteiger partial charge in [0.2, 0.25) is 0 Å². The Hall–Kier alpha value is -1.55. The largest absolute Gasteiger partial charge is 0.490 e. The third-order valence-corrected chi connectivity index (χ3v) is 3.34. The van der Waals surface area contributed by atoms with Crippen LogP contribution >= 0.6 is 11.3 Å². The van der Waals surface area contributed by atoms with Gasteiger partial charge in [0.25, 0.3) is 0 Å². The number of nitrogens with zero attached hydrogens (tertiary/aromatic N) is 1. The van der Waals surface area contributed by atoms with Crippen LogP contribution in [0.15, 0.2) is 23.6 Å². The SMILES string of the molecule is Cc1nc(-c2ccc3c(c2)NCCO3)cs1. The number of fused-ring (bicyclic) bond motifs is 1. The van der Waals surface area contributed by atoms with Crippen LogP contribution in [0.25, 0.3) is 11.3 Å². The lowest BCUT2D eigenvalue weighted by Gasteiger charge is -2.19. The summed E-state index contributed by atoms with van der Waals surface area (Å²) >= 11 is 1.67. The summed E-state index contributed by atoms with van der Waals surface area (Å²) in [6, 6.07) is 6.16. The first-order valence-electron chi connectivity index (χ1n) is 5.26. The van der Waals surface area contributed by atoms with E-state index < -0.39 is 0 Å². The first-order valence-corrected chi connectivity index (χ1v) is 6.14. The number of benzene rings is 1. The van der Waals surface area contributed by atoms with Crippen LogP contribution in [0.4, 0.5) is 5.69 Å². The van der Waals surface area contributed by atoms with Gasteiger partial charge >= 0.3 is 0 Å². The number of thiazole rings is 1. The molecule has 2 aromatic rings. The Morgan fingerprint density at radius 1 is 1.44 bits per heavy atom. The Bertz CT molecular complexity index is 521. The Morgan fingerprint density at radius 3 is 3.19 bits per heavy atom. The van der Waals surface area contributed by atoms with Crippen LogP contribution in [0.2, 0.25) is 0 Å². The van der Waals surface area contributed by atoms with Gasteiger partial charge in [-0.2, -0.15) is 0 Å². The van der Waals surface area contributed by atoms with Gasteiger partial charge < -0.3 is 10.1 Å². The molecule has 1 aliphatic heterocycles. The normalized spacial score (nSPS) is 13.8. The molecule has 3 nitrogen and oxygen atoms in total. The third-order valence-electron chi connectivity index (χ3n) is 2.57. The minimum Gasteiger partial charge on any atom is -0.490 e. The predicted molar refractivity (Wildman–Crippen MR) is 66.3 cm³/mol. The van der Waals surface area contributed by atoms with Crippen LogP contribution in [0, 0.1) is 6.92 Å². The van der Waals surface area contributed by atoms with Crippen LogP contribution in [0.1, 0.15) is 5.01 Å². The number of anilines is 1. The van der Waals surface area contributed by atoms with Crippen molar-refractivity contribution in [2.75, 3.05) is 18.5 Å². The van der Waals surface area contributed by atoms with Crippen LogP contribution in [-0.4, -0.2) is 18.1 Å². The van der Waals surface area contributed by atoms with Crippen LogP contribution in [0.3, 0.4) is 0 Å². The maximum atomic E-state index is 5.54. The number of rotatable bonds is 1. The minimum atomic E-state index is 0.738. The molecule has 2 heterocycles. The van der Waals surface area contributed by atoms with Gasteiger partial charge in [0.1, 0.15) is 12.4 Å². The van der Waals surface area contributed by atoms with Gasteiger partial charge in [-0.25, -0.2) is 4.98 Å². The maximum Gasteiger partial charge on any atom is 0.142 e. The summed E-state index contributed by atoms with van der Waals surface area (Å²) in [6.07, 6.45) is 0. The molecule has 0 aliphatic carbocycles. The second-order valence-corrected chi connectivity index (χ2v) is 4.80. The highest BCUT2D eigenvalue weighted by atomic mass is 32.1. The Balaban J connectivity index is 2.02. The summed E-state index contributed by atoms with van der Waals surface area (Å²) in [7, 11) is 0. The number of aromatic nitrogens is 1. The Morgan fingerprint density at radius 2 is 2.38 bits per heavy atom. The van der Waals surface area contributed by atoms with Crippen molar-refractivity contribution in [1.82, 2.24) is 4.98 Å². The zero-order chi connectivity index (χ0) is 11.0. The topological polar surface area (TPSA) is 34.2 Å². The van der Waals surface area contributed by atoms with Gasteiger partial charge in [-0.3, -0.25) is 0 Å². The summed E-state index contributed by atoms with van der Waals surface area (Å²) < 4.78 is 5.54. The molecule has 0 amide bonds. The van der Waals surface area contributed by atoms with E-state index in [0.29, 0.717) is 0 Å². The summed E-state index contributed by atoms with van der Waals surface area (Å²) in [5, 5.41) is 6.51. The summed E-state index contributed by atoms with van der Waals surface area (Å²) in [4.78, 5) is 4.48. The molecule has 0 spiro atoms. The molecular weight excluding hydrogens is 220 g/mol. The molecule has 0 saturated heterocycles. The molecule has 1 aliphatic rings. The van der Waals surface area contributed by atoms with E-state index in [9.17, 15) is 0 Å². The lowest BCUT2D eigenvalue weighted by molar-refractivity contribution is 0.323. The van der Waals surface area contributed by atoms with E-state index in [4.69, 9.17) is 4.74 Å². The van der Waals surface area contributed by atoms with Crippen LogP contribution < -0.4 is 10.1 Å². The lowest BCUT2D eigenvalue weighted by atomic mass is 10.1. The van der Waals surface area contributed by atoms with E-state index in [1.165, 1.54) is 0 Å². The fourth-order valence-electron chi connectivity index (χ4n) is 1.80. The zero-order valence-electron chi connectivity index (χ0n) is 8.99. The highest BCUT2D eigenvalue weighted by Crippen LogP contribution is 2.32. The van der Waals surface area contributed by atoms with Crippen molar-refractivity contribution >= 4 is 17.0 Å². The number of hydrogen-bond acceptors (Lipinski definition) is 4. The average Bonchev–Trinajstić information content (AvgIpc) is 2.75. The number of aryl methyl sites for hydroxylation is 1. The van der Waals surface area contributed by atoms with E-state index in [2.05, 4.69) is 27.8 Å². The van der Waals surface area contributed by atoms with Gasteiger partial charge in [-0.1, -0.05) is 0 Å². The second kappa shape index (κ2) is 3.79. The number of nitrogens with one attached hydrogen (secondary N) is 1. The van der Waals surface area contributed by atoms with Crippen molar-refractivity contribution in [1.29, 1.82) is 0 Å². The lowest BCUT2D eigenvalue weighted by Crippen LogP contribution is -2.17. The molecule has 0 radical (unpaired) electrons. The molecule has 3 rings (SSSR count). The molecule has 0 saturated carbocycles. The fraction of sp³-hybridized carbons (Fsp3) is 0.250. The Labute approximate surface area is 98.1 Å². The maximum absolute atomic E-state index is 5.54. The molecule has 16 heavy (non-hydrogen) atoms. The first-order chi connectivity index (χ1) is 7.83. The van der Waals surface area contributed by atoms with Gasteiger partial charge in [-0.15, -0.1) is 11.3 Å². The summed E-state index contributed by atoms with van der Waals surface area (Å²) in [5.74, 6) is 0.932. The standard InChI is InChI=1S/C12H12N2OS/c1-8-14-11(7-16-8)9-2-3-12-10(6-9)13-4-5-15-12/h2-3,6-7,13H,4-5H2,1H3. The molecule has 1 N–H and O–H groups in total. The smallest absolute Gasteiger partial charge is 0.142 e. The van der Waals surface area contributed by atoms with Gasteiger partial charge in [0.15, 0.2) is 0 Å². The predicted octanol–water partition coefficient (Wildman–Crippen LogP) is 2.92. The van der Waals surface area contributed by atoms with Crippen LogP contribution in [-0.2, 0) is 0 Å². The molecular formula is C12H12N2OS. The third kappa shape index (κ3) is 1.65. The number of ether oxygens (including phenoxy) is 1. The highest BCUT2D eigenvalue weighted by Gasteiger charge is 2.11. The van der Waals surface area contributed by atoms with E-state index in [1.807, 2.05) is 13.0 Å². The van der Waals surface area contributed by atoms with E-state index in [-0.39, 0.29) is 0 Å². The van der Waals surface area contributed by atoms with E-state index in [1.54, 1.807) is 11.3 Å². The second-order valence-electron chi connectivity index (χ2n) is 3.74. The highest BCUT2D eigenvalue weighted by molar-refractivity contribution is 7.09. The Kier molecular flexibility index (Phi) is 2.29. The number of hydrogen-bond donors (Lipinski definition) is 1. The van der Waals surface area contributed by atoms with E-state index in [0.717, 1.165) is 40.9 Å². The molecule has 0 fully saturated rings. The fourth-order valence-corrected chi connectivity index (χ4v) is 2.42. The molecule has 1 aromatic carbocycles. The quantitative estimate of drug-likeness (QED) is 0.821. The monoisotopic (exact) mass is 232 g/mol. The minimum absolute atomic E-state index is 0.738. The van der Waals surface area contributed by atoms with Gasteiger partial charge in [-0.05, 0) is 25.1 Å². The van der Waals surface area contributed by atoms with Crippen molar-refractivity contribution in [3.8, 4) is 17.0 Å². The van der Waals surface area contributed by atoms with Crippen molar-refractivity contribution in [3.05, 3.63) is 28.6 Å². The molecule has 0 unspecified atom stereocenters. The molecule has 4 heteroatoms. The van der Waals surface area contributed by atoms with Gasteiger partial charge in [0.05, 0.1) is 16.4 Å². The van der Waals surface area contributed by atoms with E-state index >= 15 is 0 Å². The van der Waals surface area contributed by atoms with Crippen LogP contribution in [0.5, 0.6) is 5.75 Å². The molecule has 0 bridgehead atoms. The summed E-state index contributed by atoms with van der Waals surface area (Å²) in [6.45, 7) is 3.63. The van der Waals surface area contributed by atoms with Crippen molar-refractivity contribution in [2.45, 2.75) is 6.92 Å². The molecule has 1 aromatic heterocycles. The van der Waals surface area contributed by atoms with Crippen molar-refractivity contribution < 1.29 is 4.74 Å².